The number of hydrogen-bond acceptors (Lipinski definition) is 3. The predicted octanol–water partition coefficient (Wildman–Crippen LogP) is 1.78. The highest BCUT2D eigenvalue weighted by atomic mass is 16.6. The highest BCUT2D eigenvalue weighted by Gasteiger charge is 2.51. The van der Waals surface area contributed by atoms with Gasteiger partial charge in [-0.05, 0) is 18.4 Å². The molecule has 4 heteroatoms. The van der Waals surface area contributed by atoms with E-state index in [0.717, 1.165) is 12.0 Å². The molecule has 1 amide bonds. The number of amides is 1. The van der Waals surface area contributed by atoms with Gasteiger partial charge in [0.1, 0.15) is 6.61 Å². The van der Waals surface area contributed by atoms with Crippen molar-refractivity contribution in [3.63, 3.8) is 0 Å². The normalized spacial score (nSPS) is 29.6. The summed E-state index contributed by atoms with van der Waals surface area (Å²) in [5.74, 6) is 0.281. The first-order valence-electron chi connectivity index (χ1n) is 6.41. The van der Waals surface area contributed by atoms with Gasteiger partial charge in [-0.15, -0.1) is 0 Å². The summed E-state index contributed by atoms with van der Waals surface area (Å²) in [6, 6.07) is 9.87. The average Bonchev–Trinajstić information content (AvgIpc) is 3.19. The van der Waals surface area contributed by atoms with Gasteiger partial charge in [0.05, 0.1) is 6.10 Å². The van der Waals surface area contributed by atoms with Gasteiger partial charge >= 0.3 is 6.09 Å². The van der Waals surface area contributed by atoms with Crippen LogP contribution in [0.2, 0.25) is 0 Å². The number of rotatable bonds is 2. The molecule has 1 aromatic rings. The van der Waals surface area contributed by atoms with E-state index in [1.807, 2.05) is 30.3 Å². The van der Waals surface area contributed by atoms with Crippen molar-refractivity contribution in [3.05, 3.63) is 35.9 Å². The quantitative estimate of drug-likeness (QED) is 0.866. The van der Waals surface area contributed by atoms with E-state index in [1.165, 1.54) is 0 Å². The highest BCUT2D eigenvalue weighted by Crippen LogP contribution is 2.43. The van der Waals surface area contributed by atoms with Crippen molar-refractivity contribution in [1.82, 2.24) is 4.90 Å². The van der Waals surface area contributed by atoms with Gasteiger partial charge in [0.15, 0.2) is 0 Å². The fraction of sp³-hybridized carbons (Fsp3) is 0.500. The first kappa shape index (κ1) is 11.5. The minimum Gasteiger partial charge on any atom is -0.445 e. The van der Waals surface area contributed by atoms with Crippen molar-refractivity contribution < 1.29 is 14.6 Å². The fourth-order valence-corrected chi connectivity index (χ4v) is 2.65. The molecule has 1 aliphatic heterocycles. The Morgan fingerprint density at radius 1 is 1.39 bits per heavy atom. The van der Waals surface area contributed by atoms with Crippen LogP contribution in [-0.4, -0.2) is 34.8 Å². The van der Waals surface area contributed by atoms with Crippen LogP contribution in [0.5, 0.6) is 0 Å². The molecule has 3 rings (SSSR count). The van der Waals surface area contributed by atoms with Gasteiger partial charge in [-0.25, -0.2) is 4.79 Å². The molecule has 1 saturated carbocycles. The van der Waals surface area contributed by atoms with Gasteiger partial charge in [-0.3, -0.25) is 0 Å². The van der Waals surface area contributed by atoms with Crippen LogP contribution in [0.4, 0.5) is 4.79 Å². The van der Waals surface area contributed by atoms with Gasteiger partial charge < -0.3 is 14.7 Å². The second-order valence-electron chi connectivity index (χ2n) is 5.06. The molecule has 2 fully saturated rings. The van der Waals surface area contributed by atoms with Gasteiger partial charge in [0.25, 0.3) is 0 Å². The van der Waals surface area contributed by atoms with Crippen LogP contribution >= 0.6 is 0 Å². The molecule has 0 aromatic heterocycles. The third-order valence-corrected chi connectivity index (χ3v) is 3.80. The first-order chi connectivity index (χ1) is 8.75. The molecule has 1 N–H and O–H groups in total. The summed E-state index contributed by atoms with van der Waals surface area (Å²) in [6.45, 7) is 0.923. The van der Waals surface area contributed by atoms with E-state index >= 15 is 0 Å². The molecule has 1 saturated heterocycles. The average molecular weight is 247 g/mol. The zero-order chi connectivity index (χ0) is 12.5. The standard InChI is InChI=1S/C14H17NO3/c16-13-6-7-15(12-8-11(12)13)14(17)18-9-10-4-2-1-3-5-10/h1-5,11-13,16H,6-9H2/t11-,12+,13+/m0/s1. The Bertz CT molecular complexity index is 434. The number of benzene rings is 1. The Hall–Kier alpha value is -1.55. The molecule has 0 unspecified atom stereocenters. The zero-order valence-corrected chi connectivity index (χ0v) is 10.2. The van der Waals surface area contributed by atoms with Gasteiger partial charge in [0.2, 0.25) is 0 Å². The topological polar surface area (TPSA) is 49.8 Å². The van der Waals surface area contributed by atoms with Crippen LogP contribution in [0.3, 0.4) is 0 Å². The van der Waals surface area contributed by atoms with Gasteiger partial charge in [-0.1, -0.05) is 30.3 Å². The highest BCUT2D eigenvalue weighted by molar-refractivity contribution is 5.69. The Labute approximate surface area is 106 Å². The predicted molar refractivity (Wildman–Crippen MR) is 65.9 cm³/mol. The van der Waals surface area contributed by atoms with Crippen molar-refractivity contribution in [2.75, 3.05) is 6.54 Å². The van der Waals surface area contributed by atoms with Crippen molar-refractivity contribution in [2.24, 2.45) is 5.92 Å². The lowest BCUT2D eigenvalue weighted by molar-refractivity contribution is 0.0517. The SMILES string of the molecule is O=C(OCc1ccccc1)N1CC[C@@H](O)[C@H]2C[C@H]21. The number of piperidine rings is 1. The number of carbonyl (C=O) groups excluding carboxylic acids is 1. The molecule has 18 heavy (non-hydrogen) atoms. The molecule has 0 bridgehead atoms. The minimum absolute atomic E-state index is 0.206. The maximum Gasteiger partial charge on any atom is 0.410 e. The van der Waals surface area contributed by atoms with E-state index in [0.29, 0.717) is 19.6 Å². The number of carbonyl (C=O) groups is 1. The van der Waals surface area contributed by atoms with Gasteiger partial charge in [0, 0.05) is 18.5 Å². The fourth-order valence-electron chi connectivity index (χ4n) is 2.65. The van der Waals surface area contributed by atoms with Crippen LogP contribution in [0.15, 0.2) is 30.3 Å². The monoisotopic (exact) mass is 247 g/mol. The number of likely N-dealkylation sites (tertiary alicyclic amines) is 1. The number of ether oxygens (including phenoxy) is 1. The Morgan fingerprint density at radius 3 is 2.94 bits per heavy atom. The third kappa shape index (κ3) is 2.20. The van der Waals surface area contributed by atoms with Crippen molar-refractivity contribution in [3.8, 4) is 0 Å². The summed E-state index contributed by atoms with van der Waals surface area (Å²) in [6.07, 6.45) is 1.11. The molecule has 1 aliphatic carbocycles. The van der Waals surface area contributed by atoms with E-state index < -0.39 is 0 Å². The van der Waals surface area contributed by atoms with E-state index in [-0.39, 0.29) is 24.2 Å². The molecule has 4 nitrogen and oxygen atoms in total. The lowest BCUT2D eigenvalue weighted by Crippen LogP contribution is -2.41. The van der Waals surface area contributed by atoms with Crippen LogP contribution in [-0.2, 0) is 11.3 Å². The lowest BCUT2D eigenvalue weighted by Gasteiger charge is -2.28. The summed E-state index contributed by atoms with van der Waals surface area (Å²) in [5.41, 5.74) is 0.996. The Morgan fingerprint density at radius 2 is 2.17 bits per heavy atom. The third-order valence-electron chi connectivity index (χ3n) is 3.80. The molecule has 1 heterocycles. The smallest absolute Gasteiger partial charge is 0.410 e. The summed E-state index contributed by atoms with van der Waals surface area (Å²) in [5, 5.41) is 9.65. The minimum atomic E-state index is -0.252. The van der Waals surface area contributed by atoms with Crippen LogP contribution in [0.25, 0.3) is 0 Å². The Balaban J connectivity index is 1.53. The maximum atomic E-state index is 11.9. The first-order valence-corrected chi connectivity index (χ1v) is 6.41. The number of fused-ring (bicyclic) bond motifs is 1. The van der Waals surface area contributed by atoms with Crippen molar-refractivity contribution in [2.45, 2.75) is 31.6 Å². The van der Waals surface area contributed by atoms with Crippen LogP contribution in [0.1, 0.15) is 18.4 Å². The lowest BCUT2D eigenvalue weighted by atomic mass is 10.1. The molecule has 0 radical (unpaired) electrons. The molecular weight excluding hydrogens is 230 g/mol. The summed E-state index contributed by atoms with van der Waals surface area (Å²) < 4.78 is 5.31. The molecule has 2 aliphatic rings. The molecule has 0 spiro atoms. The molecular formula is C14H17NO3. The van der Waals surface area contributed by atoms with E-state index in [4.69, 9.17) is 4.74 Å². The summed E-state index contributed by atoms with van der Waals surface area (Å²) in [4.78, 5) is 13.7. The maximum absolute atomic E-state index is 11.9. The summed E-state index contributed by atoms with van der Waals surface area (Å²) >= 11 is 0. The number of aliphatic hydroxyl groups excluding tert-OH is 1. The number of nitrogens with zero attached hydrogens (tertiary/aromatic N) is 1. The molecule has 1 aromatic carbocycles. The second kappa shape index (κ2) is 4.61. The molecule has 96 valence electrons. The molecule has 3 atom stereocenters. The Kier molecular flexibility index (Phi) is 2.96. The number of aliphatic hydroxyl groups is 1. The van der Waals surface area contributed by atoms with Crippen LogP contribution < -0.4 is 0 Å². The van der Waals surface area contributed by atoms with Crippen LogP contribution in [0, 0.1) is 5.92 Å². The van der Waals surface area contributed by atoms with Crippen molar-refractivity contribution in [1.29, 1.82) is 0 Å². The van der Waals surface area contributed by atoms with E-state index in [1.54, 1.807) is 4.90 Å². The second-order valence-corrected chi connectivity index (χ2v) is 5.06. The largest absolute Gasteiger partial charge is 0.445 e. The zero-order valence-electron chi connectivity index (χ0n) is 10.2. The number of hydrogen-bond donors (Lipinski definition) is 1. The van der Waals surface area contributed by atoms with E-state index in [9.17, 15) is 9.90 Å². The van der Waals surface area contributed by atoms with E-state index in [2.05, 4.69) is 0 Å². The summed E-state index contributed by atoms with van der Waals surface area (Å²) in [7, 11) is 0. The van der Waals surface area contributed by atoms with Crippen molar-refractivity contribution >= 4 is 6.09 Å². The van der Waals surface area contributed by atoms with Gasteiger partial charge in [-0.2, -0.15) is 0 Å².